The van der Waals surface area contributed by atoms with E-state index >= 15 is 0 Å². The molecule has 0 saturated carbocycles. The summed E-state index contributed by atoms with van der Waals surface area (Å²) in [5, 5.41) is 3.52. The average Bonchev–Trinajstić information content (AvgIpc) is 3.05. The number of aromatic nitrogens is 3. The van der Waals surface area contributed by atoms with E-state index in [1.165, 1.54) is 25.7 Å². The quantitative estimate of drug-likeness (QED) is 0.0771. The molecule has 3 aromatic carbocycles. The molecule has 0 atom stereocenters. The lowest BCUT2D eigenvalue weighted by Gasteiger charge is -2.21. The third-order valence-electron chi connectivity index (χ3n) is 7.33. The van der Waals surface area contributed by atoms with Crippen LogP contribution in [-0.2, 0) is 15.7 Å². The normalized spacial score (nSPS) is 11.1. The molecule has 5 aromatic rings. The van der Waals surface area contributed by atoms with Crippen LogP contribution in [-0.4, -0.2) is 43.0 Å². The van der Waals surface area contributed by atoms with E-state index in [0.29, 0.717) is 81.1 Å². The molecule has 47 heavy (non-hydrogen) atoms. The number of unbranched alkanes of at least 4 members (excludes halogenated alkanes) is 2. The summed E-state index contributed by atoms with van der Waals surface area (Å²) >= 11 is 0. The van der Waals surface area contributed by atoms with Crippen molar-refractivity contribution in [1.82, 2.24) is 15.0 Å². The van der Waals surface area contributed by atoms with Gasteiger partial charge in [0.1, 0.15) is 29.1 Å². The largest absolute Gasteiger partial charge is 0.491 e. The van der Waals surface area contributed by atoms with Crippen molar-refractivity contribution in [2.45, 2.75) is 32.6 Å². The van der Waals surface area contributed by atoms with Crippen LogP contribution in [0.25, 0.3) is 22.0 Å². The Morgan fingerprint density at radius 2 is 1.77 bits per heavy atom. The van der Waals surface area contributed by atoms with Crippen molar-refractivity contribution in [1.29, 1.82) is 0 Å². The summed E-state index contributed by atoms with van der Waals surface area (Å²) in [4.78, 5) is 25.3. The van der Waals surface area contributed by atoms with E-state index < -0.39 is 28.2 Å². The van der Waals surface area contributed by atoms with Crippen LogP contribution in [0, 0.1) is 18.6 Å². The van der Waals surface area contributed by atoms with E-state index in [-0.39, 0.29) is 17.5 Å². The maximum absolute atomic E-state index is 14.8. The Morgan fingerprint density at radius 1 is 0.957 bits per heavy atom. The second-order valence-corrected chi connectivity index (χ2v) is 11.4. The molecule has 0 bridgehead atoms. The third kappa shape index (κ3) is 7.72. The van der Waals surface area contributed by atoms with Crippen LogP contribution in [0.3, 0.4) is 0 Å². The molecule has 2 heterocycles. The van der Waals surface area contributed by atoms with Gasteiger partial charge in [-0.05, 0) is 74.2 Å². The van der Waals surface area contributed by atoms with E-state index in [9.17, 15) is 22.0 Å². The molecular weight excluding hydrogens is 630 g/mol. The molecule has 0 spiro atoms. The topological polar surface area (TPSA) is 150 Å². The van der Waals surface area contributed by atoms with Gasteiger partial charge in [0, 0.05) is 35.3 Å². The molecule has 0 radical (unpaired) electrons. The highest BCUT2D eigenvalue weighted by Crippen LogP contribution is 2.39. The van der Waals surface area contributed by atoms with Crippen molar-refractivity contribution in [3.63, 3.8) is 0 Å². The summed E-state index contributed by atoms with van der Waals surface area (Å²) in [6.07, 6.45) is 5.31. The fraction of sp³-hybridized carbons (Fsp3) is 0.212. The van der Waals surface area contributed by atoms with Crippen LogP contribution in [0.2, 0.25) is 0 Å². The Labute approximate surface area is 271 Å². The maximum Gasteiger partial charge on any atom is 0.238 e. The first-order valence-electron chi connectivity index (χ1n) is 14.6. The number of nitrogens with zero attached hydrogens (tertiary/aromatic N) is 4. The van der Waals surface area contributed by atoms with E-state index in [2.05, 4.69) is 20.3 Å². The zero-order valence-electron chi connectivity index (χ0n) is 25.6. The van der Waals surface area contributed by atoms with Crippen LogP contribution in [0.15, 0.2) is 73.2 Å². The average molecular weight is 663 g/mol. The van der Waals surface area contributed by atoms with Crippen LogP contribution in [0.5, 0.6) is 11.6 Å². The van der Waals surface area contributed by atoms with Gasteiger partial charge in [-0.15, -0.1) is 0 Å². The van der Waals surface area contributed by atoms with E-state index in [0.717, 1.165) is 18.6 Å². The van der Waals surface area contributed by atoms with Crippen molar-refractivity contribution in [2.24, 2.45) is 0 Å². The van der Waals surface area contributed by atoms with Gasteiger partial charge in [-0.25, -0.2) is 36.5 Å². The van der Waals surface area contributed by atoms with Gasteiger partial charge < -0.3 is 20.5 Å². The standard InChI is InChI=1S/C33H32F2N6O5S/c1-20-24-14-21(22-15-29(33(45-2)37-18-22)41(47(43)44)28-12-11-23(34)17-25(28)35)16-30(32(24)39-19-38-20)46-13-7-3-4-10-31(42)40-27-9-6-5-8-26(27)36/h5-6,8-9,11-12,14-19,47H,3-4,7,10,13,36H2,1-2H3,(H,40,42). The summed E-state index contributed by atoms with van der Waals surface area (Å²) in [6, 6.07) is 14.7. The highest BCUT2D eigenvalue weighted by molar-refractivity contribution is 7.74. The molecule has 0 saturated heterocycles. The Balaban J connectivity index is 1.36. The zero-order chi connectivity index (χ0) is 33.5. The number of amides is 1. The Bertz CT molecular complexity index is 2000. The first-order chi connectivity index (χ1) is 22.7. The number of nitrogen functional groups attached to an aromatic ring is 1. The number of nitrogens with one attached hydrogen (secondary N) is 1. The molecule has 0 aliphatic heterocycles. The first-order valence-corrected chi connectivity index (χ1v) is 15.8. The lowest BCUT2D eigenvalue weighted by molar-refractivity contribution is -0.116. The van der Waals surface area contributed by atoms with Crippen LogP contribution in [0.1, 0.15) is 31.4 Å². The number of hydrogen-bond acceptors (Lipinski definition) is 9. The minimum absolute atomic E-state index is 0.0748. The molecule has 1 amide bonds. The second kappa shape index (κ2) is 14.8. The minimum Gasteiger partial charge on any atom is -0.491 e. The summed E-state index contributed by atoms with van der Waals surface area (Å²) in [6.45, 7) is 2.17. The van der Waals surface area contributed by atoms with Crippen LogP contribution < -0.4 is 24.8 Å². The van der Waals surface area contributed by atoms with Gasteiger partial charge in [0.15, 0.2) is 5.82 Å². The monoisotopic (exact) mass is 662 g/mol. The first kappa shape index (κ1) is 33.0. The number of aryl methyl sites for hydroxylation is 1. The van der Waals surface area contributed by atoms with Gasteiger partial charge in [0.05, 0.1) is 30.8 Å². The fourth-order valence-electron chi connectivity index (χ4n) is 4.97. The number of carbonyl (C=O) groups is 1. The number of carbonyl (C=O) groups excluding carboxylic acids is 1. The number of anilines is 4. The van der Waals surface area contributed by atoms with Gasteiger partial charge in [0.2, 0.25) is 22.7 Å². The SMILES string of the molecule is COc1ncc(-c2cc(OCCCCCC(=O)Nc3ccccc3N)c3ncnc(C)c3c2)cc1N(c1ccc(F)cc1F)[SH](=O)=O. The smallest absolute Gasteiger partial charge is 0.238 e. The summed E-state index contributed by atoms with van der Waals surface area (Å²) in [5.41, 5.74) is 8.84. The number of para-hydroxylation sites is 2. The Morgan fingerprint density at radius 3 is 2.51 bits per heavy atom. The molecule has 0 fully saturated rings. The van der Waals surface area contributed by atoms with Gasteiger partial charge in [0.25, 0.3) is 0 Å². The van der Waals surface area contributed by atoms with Gasteiger partial charge in [-0.1, -0.05) is 12.1 Å². The zero-order valence-corrected chi connectivity index (χ0v) is 26.5. The lowest BCUT2D eigenvalue weighted by Crippen LogP contribution is -2.17. The van der Waals surface area contributed by atoms with Crippen molar-refractivity contribution in [2.75, 3.05) is 29.1 Å². The molecular formula is C33H32F2N6O5S. The number of hydrogen-bond donors (Lipinski definition) is 3. The second-order valence-electron chi connectivity index (χ2n) is 10.5. The van der Waals surface area contributed by atoms with Gasteiger partial charge in [-0.2, -0.15) is 0 Å². The van der Waals surface area contributed by atoms with Crippen molar-refractivity contribution in [3.05, 3.63) is 90.5 Å². The van der Waals surface area contributed by atoms with Crippen LogP contribution in [0.4, 0.5) is 31.5 Å². The number of benzene rings is 3. The van der Waals surface area contributed by atoms with Crippen molar-refractivity contribution < 1.29 is 31.5 Å². The Kier molecular flexibility index (Phi) is 10.4. The number of methoxy groups -OCH3 is 1. The third-order valence-corrected chi connectivity index (χ3v) is 8.09. The van der Waals surface area contributed by atoms with Crippen molar-refractivity contribution >= 4 is 50.4 Å². The number of halogens is 2. The maximum atomic E-state index is 14.8. The number of pyridine rings is 1. The molecule has 3 N–H and O–H groups in total. The highest BCUT2D eigenvalue weighted by Gasteiger charge is 2.23. The fourth-order valence-corrected chi connectivity index (χ4v) is 5.63. The minimum atomic E-state index is -3.44. The number of thiol groups is 1. The van der Waals surface area contributed by atoms with E-state index in [1.807, 2.05) is 13.0 Å². The summed E-state index contributed by atoms with van der Waals surface area (Å²) < 4.78 is 65.3. The number of fused-ring (bicyclic) bond motifs is 1. The predicted octanol–water partition coefficient (Wildman–Crippen LogP) is 6.11. The molecule has 11 nitrogen and oxygen atoms in total. The lowest BCUT2D eigenvalue weighted by atomic mass is 10.0. The van der Waals surface area contributed by atoms with E-state index in [1.54, 1.807) is 30.3 Å². The van der Waals surface area contributed by atoms with Crippen molar-refractivity contribution in [3.8, 4) is 22.8 Å². The number of ether oxygens (including phenoxy) is 2. The molecule has 5 rings (SSSR count). The Hall–Kier alpha value is -5.37. The number of nitrogens with two attached hydrogens (primary N) is 1. The molecule has 2 aromatic heterocycles. The summed E-state index contributed by atoms with van der Waals surface area (Å²) in [7, 11) is -2.14. The molecule has 244 valence electrons. The van der Waals surface area contributed by atoms with E-state index in [4.69, 9.17) is 15.2 Å². The van der Waals surface area contributed by atoms with Gasteiger partial charge in [-0.3, -0.25) is 4.79 Å². The molecule has 0 aliphatic rings. The van der Waals surface area contributed by atoms with Gasteiger partial charge >= 0.3 is 0 Å². The molecule has 0 unspecified atom stereocenters. The van der Waals surface area contributed by atoms with Crippen LogP contribution >= 0.6 is 0 Å². The predicted molar refractivity (Wildman–Crippen MR) is 176 cm³/mol. The number of rotatable bonds is 13. The summed E-state index contributed by atoms with van der Waals surface area (Å²) in [5.74, 6) is -1.67. The molecule has 0 aliphatic carbocycles. The molecule has 14 heteroatoms. The highest BCUT2D eigenvalue weighted by atomic mass is 32.2.